The lowest BCUT2D eigenvalue weighted by atomic mass is 9.79. The van der Waals surface area contributed by atoms with Crippen molar-refractivity contribution in [2.75, 3.05) is 40.6 Å². The lowest BCUT2D eigenvalue weighted by Crippen LogP contribution is -2.44. The summed E-state index contributed by atoms with van der Waals surface area (Å²) in [5.41, 5.74) is 2.17. The third kappa shape index (κ3) is 6.51. The number of nitrogens with zero attached hydrogens (tertiary/aromatic N) is 5. The van der Waals surface area contributed by atoms with E-state index in [2.05, 4.69) is 51.4 Å². The Balaban J connectivity index is 1.35. The number of ether oxygens (including phenoxy) is 4. The average molecular weight is 846 g/mol. The molecule has 0 spiro atoms. The molecule has 5 heterocycles. The maximum absolute atomic E-state index is 17.8. The van der Waals surface area contributed by atoms with Gasteiger partial charge in [0.15, 0.2) is 12.6 Å². The number of carbonyl (C=O) groups excluding carboxylic acids is 1. The van der Waals surface area contributed by atoms with Crippen LogP contribution in [0.25, 0.3) is 43.7 Å². The molecule has 282 valence electrons. The smallest absolute Gasteiger partial charge is 0.410 e. The first kappa shape index (κ1) is 36.8. The van der Waals surface area contributed by atoms with Crippen LogP contribution in [0.1, 0.15) is 58.1 Å². The molecular formula is C42H45FIN5O5. The standard InChI is InChI=1S/C42H45FIN5O5/c1-42(2,3)54-41(50)48-20-26-18-33(48)38(26)49-21-32(44)35-39(49)31-17-25(11-8-14-45)34(30-19-28(53-23-51-5)16-24-10-6-7-13-29(24)30)36(43)37(31)46-40(35)52-22-27-12-9-15-47(27)4/h6-7,10,13,16-17,19,21,26-27,33,38H,8-9,11-12,15,18,20,22-23H2,1-5H3/t26?,27-,33?,38?/m0/s1. The van der Waals surface area contributed by atoms with Gasteiger partial charge in [0.05, 0.1) is 29.1 Å². The Bertz CT molecular complexity index is 2320. The Morgan fingerprint density at radius 2 is 1.96 bits per heavy atom. The number of methoxy groups -OCH3 is 1. The normalized spacial score (nSPS) is 21.2. The van der Waals surface area contributed by atoms with Crippen molar-refractivity contribution in [2.24, 2.45) is 5.92 Å². The van der Waals surface area contributed by atoms with Crippen LogP contribution in [0.2, 0.25) is 0 Å². The van der Waals surface area contributed by atoms with Crippen molar-refractivity contribution < 1.29 is 28.1 Å². The number of amides is 1. The van der Waals surface area contributed by atoms with Crippen LogP contribution < -0.4 is 9.47 Å². The first-order valence-electron chi connectivity index (χ1n) is 18.7. The second kappa shape index (κ2) is 14.5. The number of fused-ring (bicyclic) bond motifs is 5. The van der Waals surface area contributed by atoms with E-state index in [9.17, 15) is 10.1 Å². The van der Waals surface area contributed by atoms with Crippen LogP contribution in [0, 0.1) is 26.6 Å². The molecule has 54 heavy (non-hydrogen) atoms. The van der Waals surface area contributed by atoms with E-state index in [4.69, 9.17) is 23.9 Å². The molecule has 4 fully saturated rings. The fraction of sp³-hybridized carbons (Fsp3) is 0.452. The van der Waals surface area contributed by atoms with Crippen LogP contribution >= 0.6 is 22.6 Å². The van der Waals surface area contributed by atoms with Crippen LogP contribution in [0.5, 0.6) is 11.6 Å². The fourth-order valence-electron chi connectivity index (χ4n) is 8.73. The van der Waals surface area contributed by atoms with Crippen LogP contribution in [0.3, 0.4) is 0 Å². The van der Waals surface area contributed by atoms with Crippen molar-refractivity contribution in [1.82, 2.24) is 19.4 Å². The van der Waals surface area contributed by atoms with E-state index in [1.165, 1.54) is 0 Å². The topological polar surface area (TPSA) is 102 Å². The highest BCUT2D eigenvalue weighted by molar-refractivity contribution is 14.1. The van der Waals surface area contributed by atoms with Gasteiger partial charge >= 0.3 is 6.09 Å². The number of benzene rings is 3. The van der Waals surface area contributed by atoms with Crippen molar-refractivity contribution in [3.63, 3.8) is 0 Å². The molecule has 3 aromatic carbocycles. The SMILES string of the molecule is COCOc1cc(-c2c(CCC#N)cc3c(nc(OC[C@@H]4CCCN4C)c4c(I)cn(C5C6CC5N(C(=O)OC(C)(C)C)C6)c43)c2F)c2ccccc2c1. The molecule has 4 atom stereocenters. The Morgan fingerprint density at radius 3 is 2.70 bits per heavy atom. The highest BCUT2D eigenvalue weighted by atomic mass is 127. The van der Waals surface area contributed by atoms with Crippen LogP contribution in [-0.4, -0.2) is 83.8 Å². The summed E-state index contributed by atoms with van der Waals surface area (Å²) in [5.74, 6) is 0.682. The summed E-state index contributed by atoms with van der Waals surface area (Å²) in [6.07, 6.45) is 5.34. The zero-order valence-electron chi connectivity index (χ0n) is 31.3. The summed E-state index contributed by atoms with van der Waals surface area (Å²) in [5, 5.41) is 13.0. The van der Waals surface area contributed by atoms with Gasteiger partial charge < -0.3 is 33.3 Å². The van der Waals surface area contributed by atoms with Crippen molar-refractivity contribution >= 4 is 61.3 Å². The molecule has 3 aliphatic heterocycles. The van der Waals surface area contributed by atoms with E-state index >= 15 is 4.39 Å². The molecule has 3 unspecified atom stereocenters. The molecular weight excluding hydrogens is 800 g/mol. The first-order chi connectivity index (χ1) is 26.0. The van der Waals surface area contributed by atoms with Gasteiger partial charge in [0.1, 0.15) is 23.5 Å². The van der Waals surface area contributed by atoms with Gasteiger partial charge in [-0.05, 0) is 123 Å². The molecule has 2 bridgehead atoms. The number of nitriles is 1. The van der Waals surface area contributed by atoms with E-state index in [0.29, 0.717) is 53.3 Å². The van der Waals surface area contributed by atoms with Crippen molar-refractivity contribution in [1.29, 1.82) is 5.26 Å². The molecule has 5 aromatic rings. The molecule has 2 aromatic heterocycles. The van der Waals surface area contributed by atoms with Crippen LogP contribution in [-0.2, 0) is 15.9 Å². The molecule has 1 amide bonds. The number of aryl methyl sites for hydroxylation is 1. The Labute approximate surface area is 328 Å². The third-order valence-corrected chi connectivity index (χ3v) is 12.0. The number of carbonyl (C=O) groups is 1. The Hall–Kier alpha value is -4.19. The first-order valence-corrected chi connectivity index (χ1v) is 19.7. The highest BCUT2D eigenvalue weighted by Crippen LogP contribution is 2.53. The second-order valence-electron chi connectivity index (χ2n) is 15.8. The van der Waals surface area contributed by atoms with Crippen molar-refractivity contribution in [3.05, 3.63) is 63.6 Å². The zero-order valence-corrected chi connectivity index (χ0v) is 33.5. The maximum atomic E-state index is 17.8. The molecule has 1 saturated carbocycles. The molecule has 10 nitrogen and oxygen atoms in total. The number of hydrogen-bond donors (Lipinski definition) is 0. The number of halogens is 2. The number of rotatable bonds is 10. The van der Waals surface area contributed by atoms with E-state index in [0.717, 1.165) is 51.1 Å². The van der Waals surface area contributed by atoms with Gasteiger partial charge in [0.2, 0.25) is 5.88 Å². The van der Waals surface area contributed by atoms with Crippen molar-refractivity contribution in [3.8, 4) is 28.8 Å². The third-order valence-electron chi connectivity index (χ3n) is 11.2. The maximum Gasteiger partial charge on any atom is 0.410 e. The average Bonchev–Trinajstić information content (AvgIpc) is 3.92. The van der Waals surface area contributed by atoms with Gasteiger partial charge in [-0.3, -0.25) is 0 Å². The van der Waals surface area contributed by atoms with E-state index in [1.807, 2.05) is 68.1 Å². The monoisotopic (exact) mass is 845 g/mol. The summed E-state index contributed by atoms with van der Waals surface area (Å²) in [6, 6.07) is 16.0. The highest BCUT2D eigenvalue weighted by Gasteiger charge is 2.56. The minimum atomic E-state index is -0.605. The van der Waals surface area contributed by atoms with Crippen molar-refractivity contribution in [2.45, 2.75) is 76.6 Å². The summed E-state index contributed by atoms with van der Waals surface area (Å²) in [6.45, 7) is 7.73. The summed E-state index contributed by atoms with van der Waals surface area (Å²) >= 11 is 2.34. The molecule has 0 radical (unpaired) electrons. The minimum Gasteiger partial charge on any atom is -0.475 e. The van der Waals surface area contributed by atoms with Crippen LogP contribution in [0.4, 0.5) is 9.18 Å². The molecule has 9 rings (SSSR count). The predicted molar refractivity (Wildman–Crippen MR) is 214 cm³/mol. The Kier molecular flexibility index (Phi) is 9.85. The van der Waals surface area contributed by atoms with Gasteiger partial charge in [0, 0.05) is 52.8 Å². The molecule has 12 heteroatoms. The second-order valence-corrected chi connectivity index (χ2v) is 17.0. The number of hydrogen-bond acceptors (Lipinski definition) is 8. The predicted octanol–water partition coefficient (Wildman–Crippen LogP) is 8.85. The number of aromatic nitrogens is 2. The van der Waals surface area contributed by atoms with Gasteiger partial charge in [0.25, 0.3) is 0 Å². The minimum absolute atomic E-state index is 0.0215. The van der Waals surface area contributed by atoms with Gasteiger partial charge in [-0.1, -0.05) is 24.3 Å². The lowest BCUT2D eigenvalue weighted by Gasteiger charge is -2.38. The van der Waals surface area contributed by atoms with E-state index in [-0.39, 0.29) is 48.9 Å². The van der Waals surface area contributed by atoms with Gasteiger partial charge in [-0.2, -0.15) is 5.26 Å². The quantitative estimate of drug-likeness (QED) is 0.102. The summed E-state index contributed by atoms with van der Waals surface area (Å²) < 4.78 is 44.5. The molecule has 4 aliphatic rings. The largest absolute Gasteiger partial charge is 0.475 e. The number of likely N-dealkylation sites (tertiary alicyclic amines) is 1. The summed E-state index contributed by atoms with van der Waals surface area (Å²) in [4.78, 5) is 22.5. The molecule has 0 N–H and O–H groups in total. The van der Waals surface area contributed by atoms with Gasteiger partial charge in [-0.15, -0.1) is 0 Å². The van der Waals surface area contributed by atoms with E-state index < -0.39 is 11.4 Å². The number of likely N-dealkylation sites (N-methyl/N-ethyl adjacent to an activating group) is 1. The molecule has 1 aliphatic carbocycles. The molecule has 3 saturated heterocycles. The Morgan fingerprint density at radius 1 is 1.15 bits per heavy atom. The lowest BCUT2D eigenvalue weighted by molar-refractivity contribution is 0.0211. The fourth-order valence-corrected chi connectivity index (χ4v) is 9.51. The van der Waals surface area contributed by atoms with Crippen LogP contribution in [0.15, 0.2) is 48.7 Å². The summed E-state index contributed by atoms with van der Waals surface area (Å²) in [7, 11) is 3.67. The zero-order chi connectivity index (χ0) is 37.9. The van der Waals surface area contributed by atoms with Gasteiger partial charge in [-0.25, -0.2) is 14.2 Å². The number of pyridine rings is 1. The van der Waals surface area contributed by atoms with E-state index in [1.54, 1.807) is 7.11 Å².